The van der Waals surface area contributed by atoms with Crippen LogP contribution in [0.3, 0.4) is 0 Å². The Bertz CT molecular complexity index is 1640. The van der Waals surface area contributed by atoms with Crippen LogP contribution in [0.4, 0.5) is 5.69 Å². The molecule has 1 aliphatic rings. The van der Waals surface area contributed by atoms with E-state index < -0.39 is 33.9 Å². The number of fused-ring (bicyclic) bond motifs is 1. The Hall–Kier alpha value is -4.45. The summed E-state index contributed by atoms with van der Waals surface area (Å²) < 4.78 is 18.3. The molecule has 12 heteroatoms. The van der Waals surface area contributed by atoms with Gasteiger partial charge >= 0.3 is 11.7 Å². The molecule has 0 radical (unpaired) electrons. The van der Waals surface area contributed by atoms with Gasteiger partial charge in [-0.25, -0.2) is 9.79 Å². The van der Waals surface area contributed by atoms with Crippen LogP contribution in [0, 0.1) is 10.1 Å². The number of phenolic OH excluding ortho intramolecular Hbond substituents is 1. The van der Waals surface area contributed by atoms with Gasteiger partial charge in [-0.2, -0.15) is 0 Å². The number of nitro benzene ring substituents is 1. The summed E-state index contributed by atoms with van der Waals surface area (Å²) in [5, 5.41) is 21.0. The van der Waals surface area contributed by atoms with Crippen LogP contribution in [-0.4, -0.2) is 40.9 Å². The highest BCUT2D eigenvalue weighted by Crippen LogP contribution is 2.40. The molecule has 198 valence electrons. The van der Waals surface area contributed by atoms with Gasteiger partial charge in [0.15, 0.2) is 22.0 Å². The zero-order chi connectivity index (χ0) is 27.6. The van der Waals surface area contributed by atoms with Crippen LogP contribution < -0.4 is 24.4 Å². The van der Waals surface area contributed by atoms with E-state index >= 15 is 0 Å². The zero-order valence-electron chi connectivity index (χ0n) is 21.1. The van der Waals surface area contributed by atoms with Crippen LogP contribution in [0.2, 0.25) is 0 Å². The van der Waals surface area contributed by atoms with Crippen molar-refractivity contribution in [2.75, 3.05) is 20.3 Å². The van der Waals surface area contributed by atoms with Gasteiger partial charge in [0.05, 0.1) is 41.0 Å². The highest BCUT2D eigenvalue weighted by Gasteiger charge is 2.36. The number of ether oxygens (including phenoxy) is 3. The van der Waals surface area contributed by atoms with E-state index in [1.165, 1.54) is 36.0 Å². The van der Waals surface area contributed by atoms with Crippen molar-refractivity contribution >= 4 is 29.1 Å². The Kier molecular flexibility index (Phi) is 7.62. The molecule has 1 aromatic heterocycles. The summed E-state index contributed by atoms with van der Waals surface area (Å²) in [6.07, 6.45) is 1.48. The number of rotatable bonds is 8. The number of benzene rings is 2. The summed E-state index contributed by atoms with van der Waals surface area (Å²) in [5.74, 6) is -0.291. The molecule has 3 aromatic rings. The Balaban J connectivity index is 2.01. The van der Waals surface area contributed by atoms with E-state index in [2.05, 4.69) is 4.99 Å². The average Bonchev–Trinajstić information content (AvgIpc) is 3.18. The van der Waals surface area contributed by atoms with Crippen molar-refractivity contribution in [2.45, 2.75) is 26.8 Å². The first-order chi connectivity index (χ1) is 18.2. The molecule has 0 fully saturated rings. The fraction of sp³-hybridized carbons (Fsp3) is 0.269. The molecular weight excluding hydrogens is 514 g/mol. The van der Waals surface area contributed by atoms with Crippen LogP contribution >= 0.6 is 11.3 Å². The Morgan fingerprint density at radius 2 is 2.03 bits per heavy atom. The lowest BCUT2D eigenvalue weighted by molar-refractivity contribution is -0.385. The Morgan fingerprint density at radius 3 is 2.68 bits per heavy atom. The number of carbonyl (C=O) groups is 1. The van der Waals surface area contributed by atoms with E-state index in [1.807, 2.05) is 6.92 Å². The monoisotopic (exact) mass is 539 g/mol. The number of nitrogens with zero attached hydrogens (tertiary/aromatic N) is 3. The topological polar surface area (TPSA) is 142 Å². The zero-order valence-corrected chi connectivity index (χ0v) is 21.9. The number of aromatic nitrogens is 1. The maximum atomic E-state index is 13.8. The van der Waals surface area contributed by atoms with Gasteiger partial charge in [-0.1, -0.05) is 29.5 Å². The lowest BCUT2D eigenvalue weighted by Crippen LogP contribution is -2.40. The largest absolute Gasteiger partial charge is 0.502 e. The van der Waals surface area contributed by atoms with E-state index in [0.29, 0.717) is 39.7 Å². The number of carbonyl (C=O) groups excluding carboxylic acids is 1. The fourth-order valence-electron chi connectivity index (χ4n) is 4.22. The van der Waals surface area contributed by atoms with Gasteiger partial charge in [0.2, 0.25) is 0 Å². The number of phenols is 1. The molecule has 0 saturated carbocycles. The van der Waals surface area contributed by atoms with Crippen molar-refractivity contribution in [3.63, 3.8) is 0 Å². The molecule has 0 amide bonds. The van der Waals surface area contributed by atoms with Crippen molar-refractivity contribution in [1.29, 1.82) is 0 Å². The molecule has 2 aromatic carbocycles. The van der Waals surface area contributed by atoms with Crippen molar-refractivity contribution in [3.05, 3.63) is 88.6 Å². The third-order valence-corrected chi connectivity index (χ3v) is 6.81. The molecule has 1 aliphatic heterocycles. The van der Waals surface area contributed by atoms with Gasteiger partial charge in [-0.15, -0.1) is 0 Å². The van der Waals surface area contributed by atoms with Gasteiger partial charge in [-0.3, -0.25) is 19.5 Å². The first-order valence-electron chi connectivity index (χ1n) is 11.7. The van der Waals surface area contributed by atoms with Crippen molar-refractivity contribution in [3.8, 4) is 17.2 Å². The van der Waals surface area contributed by atoms with E-state index in [4.69, 9.17) is 14.2 Å². The molecule has 0 unspecified atom stereocenters. The molecule has 0 aliphatic carbocycles. The third-order valence-electron chi connectivity index (χ3n) is 5.82. The summed E-state index contributed by atoms with van der Waals surface area (Å²) in [6.45, 7) is 5.60. The number of nitro groups is 1. The van der Waals surface area contributed by atoms with E-state index in [9.17, 15) is 24.8 Å². The van der Waals surface area contributed by atoms with Crippen LogP contribution in [0.1, 0.15) is 37.9 Å². The van der Waals surface area contributed by atoms with Crippen molar-refractivity contribution < 1.29 is 29.0 Å². The second-order valence-corrected chi connectivity index (χ2v) is 9.13. The summed E-state index contributed by atoms with van der Waals surface area (Å²) in [4.78, 5) is 42.4. The molecule has 2 heterocycles. The van der Waals surface area contributed by atoms with Gasteiger partial charge in [0.1, 0.15) is 6.04 Å². The second kappa shape index (κ2) is 10.9. The van der Waals surface area contributed by atoms with Crippen molar-refractivity contribution in [2.24, 2.45) is 4.99 Å². The molecule has 38 heavy (non-hydrogen) atoms. The SMILES string of the molecule is CCOC(=O)C1=C(C)N=c2s/c(=C/c3ccc(O)c([N+](=O)[O-])c3)c(=O)n2[C@@H]1c1cccc(OC)c1OCC. The van der Waals surface area contributed by atoms with Gasteiger partial charge in [0, 0.05) is 11.6 Å². The number of thiazole rings is 1. The summed E-state index contributed by atoms with van der Waals surface area (Å²) >= 11 is 1.07. The molecular formula is C26H25N3O8S. The van der Waals surface area contributed by atoms with E-state index in [0.717, 1.165) is 11.3 Å². The molecule has 4 rings (SSSR count). The molecule has 1 atom stereocenters. The number of aromatic hydroxyl groups is 1. The Labute approximate surface area is 220 Å². The first kappa shape index (κ1) is 26.6. The number of methoxy groups -OCH3 is 1. The maximum Gasteiger partial charge on any atom is 0.338 e. The average molecular weight is 540 g/mol. The highest BCUT2D eigenvalue weighted by atomic mass is 32.1. The number of para-hydroxylation sites is 1. The van der Waals surface area contributed by atoms with E-state index in [-0.39, 0.29) is 16.7 Å². The summed E-state index contributed by atoms with van der Waals surface area (Å²) in [5.41, 5.74) is 0.467. The lowest BCUT2D eigenvalue weighted by Gasteiger charge is -2.26. The third kappa shape index (κ3) is 4.77. The minimum atomic E-state index is -0.932. The Morgan fingerprint density at radius 1 is 1.26 bits per heavy atom. The lowest BCUT2D eigenvalue weighted by atomic mass is 9.94. The van der Waals surface area contributed by atoms with Crippen LogP contribution in [0.15, 0.2) is 57.5 Å². The minimum Gasteiger partial charge on any atom is -0.502 e. The van der Waals surface area contributed by atoms with Gasteiger partial charge in [-0.05, 0) is 44.5 Å². The van der Waals surface area contributed by atoms with Gasteiger partial charge < -0.3 is 19.3 Å². The summed E-state index contributed by atoms with van der Waals surface area (Å²) in [7, 11) is 1.50. The first-order valence-corrected chi connectivity index (χ1v) is 12.5. The fourth-order valence-corrected chi connectivity index (χ4v) is 5.27. The quantitative estimate of drug-likeness (QED) is 0.262. The predicted octanol–water partition coefficient (Wildman–Crippen LogP) is 2.82. The van der Waals surface area contributed by atoms with E-state index in [1.54, 1.807) is 32.0 Å². The number of esters is 1. The second-order valence-electron chi connectivity index (χ2n) is 8.12. The molecule has 0 saturated heterocycles. The van der Waals surface area contributed by atoms with Crippen LogP contribution in [0.25, 0.3) is 6.08 Å². The van der Waals surface area contributed by atoms with Crippen molar-refractivity contribution in [1.82, 2.24) is 4.57 Å². The molecule has 0 spiro atoms. The highest BCUT2D eigenvalue weighted by molar-refractivity contribution is 7.07. The van der Waals surface area contributed by atoms with Crippen LogP contribution in [-0.2, 0) is 9.53 Å². The van der Waals surface area contributed by atoms with Gasteiger partial charge in [0.25, 0.3) is 5.56 Å². The predicted molar refractivity (Wildman–Crippen MR) is 139 cm³/mol. The standard InChI is InChI=1S/C26H25N3O8S/c1-5-36-23-16(8-7-9-19(23)35-4)22-21(25(32)37-6-2)14(3)27-26-28(22)24(31)20(38-26)13-15-10-11-18(30)17(12-15)29(33)34/h7-13,22,30H,5-6H2,1-4H3/b20-13+/t22-/m1/s1. The molecule has 0 bridgehead atoms. The maximum absolute atomic E-state index is 13.8. The number of allylic oxidation sites excluding steroid dienone is 1. The molecule has 11 nitrogen and oxygen atoms in total. The summed E-state index contributed by atoms with van der Waals surface area (Å²) in [6, 6.07) is 8.10. The smallest absolute Gasteiger partial charge is 0.338 e. The number of hydrogen-bond donors (Lipinski definition) is 1. The minimum absolute atomic E-state index is 0.128. The normalized spacial score (nSPS) is 15.1. The van der Waals surface area contributed by atoms with Crippen LogP contribution in [0.5, 0.6) is 17.2 Å². The molecule has 1 N–H and O–H groups in total. The number of hydrogen-bond acceptors (Lipinski definition) is 10.